The van der Waals surface area contributed by atoms with Gasteiger partial charge in [-0.3, -0.25) is 0 Å². The Bertz CT molecular complexity index is 657. The van der Waals surface area contributed by atoms with Crippen LogP contribution in [0.1, 0.15) is 16.7 Å². The molecule has 0 atom stereocenters. The van der Waals surface area contributed by atoms with Crippen molar-refractivity contribution in [3.63, 3.8) is 0 Å². The van der Waals surface area contributed by atoms with Crippen LogP contribution in [0, 0.1) is 0 Å². The van der Waals surface area contributed by atoms with Gasteiger partial charge in [-0.2, -0.15) is 13.2 Å². The van der Waals surface area contributed by atoms with Gasteiger partial charge in [0.05, 0.1) is 19.8 Å². The van der Waals surface area contributed by atoms with Crippen LogP contribution < -0.4 is 14.8 Å². The third-order valence-corrected chi connectivity index (χ3v) is 3.49. The summed E-state index contributed by atoms with van der Waals surface area (Å²) in [5.74, 6) is 1.40. The predicted octanol–water partition coefficient (Wildman–Crippen LogP) is 2.99. The first-order chi connectivity index (χ1) is 10.9. The van der Waals surface area contributed by atoms with Gasteiger partial charge in [-0.15, -0.1) is 0 Å². The topological polar surface area (TPSA) is 35.1 Å². The van der Waals surface area contributed by atoms with Crippen molar-refractivity contribution >= 4 is 0 Å². The molecule has 0 saturated heterocycles. The van der Waals surface area contributed by atoms with Crippen molar-refractivity contribution in [3.05, 3.63) is 59.2 Å². The Morgan fingerprint density at radius 2 is 1.74 bits per heavy atom. The van der Waals surface area contributed by atoms with Crippen LogP contribution in [0.15, 0.2) is 42.5 Å². The maximum Gasteiger partial charge on any atom is 0.416 e. The minimum atomic E-state index is -4.31. The van der Waals surface area contributed by atoms with Crippen molar-refractivity contribution in [2.75, 3.05) is 14.2 Å². The zero-order chi connectivity index (χ0) is 16.9. The lowest BCUT2D eigenvalue weighted by molar-refractivity contribution is -0.686. The number of hydrogen-bond donors (Lipinski definition) is 1. The number of nitrogens with two attached hydrogens (primary N) is 1. The Hall–Kier alpha value is -2.21. The Kier molecular flexibility index (Phi) is 5.50. The number of hydrogen-bond acceptors (Lipinski definition) is 2. The van der Waals surface area contributed by atoms with Crippen LogP contribution in [-0.4, -0.2) is 14.2 Å². The summed E-state index contributed by atoms with van der Waals surface area (Å²) in [5.41, 5.74) is 0.970. The average molecular weight is 326 g/mol. The number of methoxy groups -OCH3 is 2. The highest BCUT2D eigenvalue weighted by Crippen LogP contribution is 2.29. The molecule has 23 heavy (non-hydrogen) atoms. The molecule has 0 heterocycles. The first-order valence-corrected chi connectivity index (χ1v) is 7.12. The summed E-state index contributed by atoms with van der Waals surface area (Å²) in [6, 6.07) is 10.9. The molecule has 0 fully saturated rings. The van der Waals surface area contributed by atoms with Gasteiger partial charge in [0.2, 0.25) is 0 Å². The smallest absolute Gasteiger partial charge is 0.416 e. The second kappa shape index (κ2) is 7.37. The van der Waals surface area contributed by atoms with Crippen molar-refractivity contribution in [3.8, 4) is 11.5 Å². The minimum Gasteiger partial charge on any atom is -0.497 e. The fourth-order valence-corrected chi connectivity index (χ4v) is 2.29. The highest BCUT2D eigenvalue weighted by atomic mass is 19.4. The van der Waals surface area contributed by atoms with Gasteiger partial charge in [-0.25, -0.2) is 0 Å². The first kappa shape index (κ1) is 17.1. The van der Waals surface area contributed by atoms with E-state index in [1.165, 1.54) is 12.1 Å². The normalized spacial score (nSPS) is 11.3. The zero-order valence-electron chi connectivity index (χ0n) is 13.0. The van der Waals surface area contributed by atoms with E-state index in [0.29, 0.717) is 30.2 Å². The highest BCUT2D eigenvalue weighted by molar-refractivity contribution is 5.40. The molecule has 0 amide bonds. The number of benzene rings is 2. The van der Waals surface area contributed by atoms with Gasteiger partial charge in [-0.1, -0.05) is 12.1 Å². The van der Waals surface area contributed by atoms with Gasteiger partial charge in [0.1, 0.15) is 24.6 Å². The molecule has 0 saturated carbocycles. The maximum absolute atomic E-state index is 12.7. The fraction of sp³-hybridized carbons (Fsp3) is 0.294. The SMILES string of the molecule is COc1ccc(C[NH2+]Cc2cccc(C(F)(F)F)c2)c(OC)c1. The van der Waals surface area contributed by atoms with Gasteiger partial charge in [0, 0.05) is 17.2 Å². The molecule has 0 unspecified atom stereocenters. The largest absolute Gasteiger partial charge is 0.497 e. The molecule has 0 aromatic heterocycles. The number of alkyl halides is 3. The molecule has 2 aromatic rings. The Labute approximate surface area is 133 Å². The lowest BCUT2D eigenvalue weighted by atomic mass is 10.1. The van der Waals surface area contributed by atoms with Crippen LogP contribution in [0.3, 0.4) is 0 Å². The van der Waals surface area contributed by atoms with E-state index >= 15 is 0 Å². The number of ether oxygens (including phenoxy) is 2. The van der Waals surface area contributed by atoms with E-state index in [-0.39, 0.29) is 0 Å². The highest BCUT2D eigenvalue weighted by Gasteiger charge is 2.30. The van der Waals surface area contributed by atoms with E-state index in [1.54, 1.807) is 26.4 Å². The third-order valence-electron chi connectivity index (χ3n) is 3.49. The molecule has 0 aliphatic rings. The molecule has 0 aliphatic carbocycles. The number of halogens is 3. The van der Waals surface area contributed by atoms with Gasteiger partial charge < -0.3 is 14.8 Å². The van der Waals surface area contributed by atoms with Gasteiger partial charge in [0.15, 0.2) is 0 Å². The molecule has 6 heteroatoms. The summed E-state index contributed by atoms with van der Waals surface area (Å²) in [6.07, 6.45) is -4.31. The predicted molar refractivity (Wildman–Crippen MR) is 80.3 cm³/mol. The van der Waals surface area contributed by atoms with Gasteiger partial charge in [-0.05, 0) is 24.3 Å². The molecule has 0 bridgehead atoms. The molecular formula is C17H19F3NO2+. The lowest BCUT2D eigenvalue weighted by Crippen LogP contribution is -2.80. The Morgan fingerprint density at radius 3 is 2.39 bits per heavy atom. The van der Waals surface area contributed by atoms with Gasteiger partial charge in [0.25, 0.3) is 0 Å². The van der Waals surface area contributed by atoms with Crippen LogP contribution in [0.4, 0.5) is 13.2 Å². The second-order valence-electron chi connectivity index (χ2n) is 5.07. The summed E-state index contributed by atoms with van der Waals surface area (Å²) >= 11 is 0. The monoisotopic (exact) mass is 326 g/mol. The van der Waals surface area contributed by atoms with E-state index in [1.807, 2.05) is 17.4 Å². The summed E-state index contributed by atoms with van der Waals surface area (Å²) in [4.78, 5) is 0. The van der Waals surface area contributed by atoms with Gasteiger partial charge >= 0.3 is 6.18 Å². The van der Waals surface area contributed by atoms with Crippen molar-refractivity contribution < 1.29 is 28.0 Å². The van der Waals surface area contributed by atoms with E-state index < -0.39 is 11.7 Å². The zero-order valence-corrected chi connectivity index (χ0v) is 13.0. The summed E-state index contributed by atoms with van der Waals surface area (Å²) in [5, 5.41) is 1.93. The fourth-order valence-electron chi connectivity index (χ4n) is 2.29. The molecule has 124 valence electrons. The quantitative estimate of drug-likeness (QED) is 0.886. The number of rotatable bonds is 6. The number of quaternary nitrogens is 1. The average Bonchev–Trinajstić information content (AvgIpc) is 2.54. The van der Waals surface area contributed by atoms with E-state index in [2.05, 4.69) is 0 Å². The molecule has 2 rings (SSSR count). The first-order valence-electron chi connectivity index (χ1n) is 7.12. The van der Waals surface area contributed by atoms with Crippen molar-refractivity contribution in [2.24, 2.45) is 0 Å². The summed E-state index contributed by atoms with van der Waals surface area (Å²) < 4.78 is 48.5. The Morgan fingerprint density at radius 1 is 0.957 bits per heavy atom. The molecule has 3 nitrogen and oxygen atoms in total. The maximum atomic E-state index is 12.7. The molecule has 2 N–H and O–H groups in total. The third kappa shape index (κ3) is 4.63. The van der Waals surface area contributed by atoms with E-state index in [9.17, 15) is 13.2 Å². The van der Waals surface area contributed by atoms with Crippen molar-refractivity contribution in [2.45, 2.75) is 19.3 Å². The lowest BCUT2D eigenvalue weighted by Gasteiger charge is -2.10. The summed E-state index contributed by atoms with van der Waals surface area (Å²) in [6.45, 7) is 1.06. The minimum absolute atomic E-state index is 0.457. The van der Waals surface area contributed by atoms with Crippen LogP contribution in [-0.2, 0) is 19.3 Å². The van der Waals surface area contributed by atoms with Crippen molar-refractivity contribution in [1.82, 2.24) is 0 Å². The Balaban J connectivity index is 2.00. The van der Waals surface area contributed by atoms with Crippen LogP contribution in [0.2, 0.25) is 0 Å². The molecule has 0 spiro atoms. The standard InChI is InChI=1S/C17H18F3NO2/c1-22-15-7-6-13(16(9-15)23-2)11-21-10-12-4-3-5-14(8-12)17(18,19)20/h3-9,21H,10-11H2,1-2H3/p+1. The molecule has 2 aromatic carbocycles. The van der Waals surface area contributed by atoms with Crippen LogP contribution >= 0.6 is 0 Å². The molecule has 0 aliphatic heterocycles. The second-order valence-corrected chi connectivity index (χ2v) is 5.07. The van der Waals surface area contributed by atoms with E-state index in [4.69, 9.17) is 9.47 Å². The molecule has 0 radical (unpaired) electrons. The van der Waals surface area contributed by atoms with Crippen molar-refractivity contribution in [1.29, 1.82) is 0 Å². The summed E-state index contributed by atoms with van der Waals surface area (Å²) in [7, 11) is 3.15. The van der Waals surface area contributed by atoms with Crippen LogP contribution in [0.25, 0.3) is 0 Å². The van der Waals surface area contributed by atoms with E-state index in [0.717, 1.165) is 11.6 Å². The van der Waals surface area contributed by atoms with Crippen LogP contribution in [0.5, 0.6) is 11.5 Å². The molecular weight excluding hydrogens is 307 g/mol.